The number of rotatable bonds is 3. The van der Waals surface area contributed by atoms with Crippen molar-refractivity contribution in [3.8, 4) is 0 Å². The van der Waals surface area contributed by atoms with Crippen molar-refractivity contribution in [3.63, 3.8) is 0 Å². The van der Waals surface area contributed by atoms with Gasteiger partial charge in [-0.25, -0.2) is 0 Å². The highest BCUT2D eigenvalue weighted by molar-refractivity contribution is 6.65. The highest BCUT2D eigenvalue weighted by atomic mass is 35.5. The molecule has 0 radical (unpaired) electrons. The second-order valence-corrected chi connectivity index (χ2v) is 2.16. The van der Waals surface area contributed by atoms with E-state index >= 15 is 0 Å². The molecule has 0 aromatic heterocycles. The van der Waals surface area contributed by atoms with Gasteiger partial charge in [-0.05, 0) is 18.5 Å². The zero-order chi connectivity index (χ0) is 8.36. The molecule has 0 N–H and O–H groups in total. The third kappa shape index (κ3) is 1.73. The Labute approximate surface area is 61.2 Å². The molecule has 0 aliphatic rings. The second kappa shape index (κ2) is 3.05. The fraction of sp³-hybridized carbons (Fsp3) is 0.600. The third-order valence-corrected chi connectivity index (χ3v) is 1.29. The zero-order valence-electron chi connectivity index (χ0n) is 5.11. The number of hydrogen-bond acceptors (Lipinski definition) is 2. The Morgan fingerprint density at radius 3 is 2.20 bits per heavy atom. The highest BCUT2D eigenvalue weighted by Gasteiger charge is 2.43. The van der Waals surface area contributed by atoms with Gasteiger partial charge < -0.3 is 4.79 Å². The fourth-order valence-corrected chi connectivity index (χ4v) is 0.437. The maximum atomic E-state index is 12.2. The lowest BCUT2D eigenvalue weighted by Gasteiger charge is -2.12. The number of hydrogen-bond donors (Lipinski definition) is 0. The van der Waals surface area contributed by atoms with Crippen molar-refractivity contribution in [1.29, 1.82) is 0 Å². The first-order valence-corrected chi connectivity index (χ1v) is 2.83. The molecular weight excluding hydrogens is 166 g/mol. The van der Waals surface area contributed by atoms with Crippen LogP contribution in [0, 0.1) is 5.92 Å². The molecule has 0 aromatic rings. The molecule has 0 fully saturated rings. The highest BCUT2D eigenvalue weighted by Crippen LogP contribution is 2.25. The molecule has 0 spiro atoms. The summed E-state index contributed by atoms with van der Waals surface area (Å²) in [5, 5.41) is -1.80. The molecule has 0 saturated carbocycles. The van der Waals surface area contributed by atoms with Crippen LogP contribution in [0.15, 0.2) is 0 Å². The van der Waals surface area contributed by atoms with Crippen molar-refractivity contribution in [3.05, 3.63) is 0 Å². The van der Waals surface area contributed by atoms with Gasteiger partial charge in [0.25, 0.3) is 5.24 Å². The standard InChI is InChI=1S/C5H5ClF2O2/c1-3(2-9)5(7,8)4(6)10/h2-3H,1H3. The molecule has 0 saturated heterocycles. The summed E-state index contributed by atoms with van der Waals surface area (Å²) >= 11 is 4.50. The van der Waals surface area contributed by atoms with Gasteiger partial charge in [0.05, 0.1) is 5.92 Å². The molecule has 58 valence electrons. The van der Waals surface area contributed by atoms with E-state index in [1.54, 1.807) is 0 Å². The van der Waals surface area contributed by atoms with Crippen LogP contribution in [-0.4, -0.2) is 17.5 Å². The quantitative estimate of drug-likeness (QED) is 0.472. The van der Waals surface area contributed by atoms with Crippen LogP contribution in [0.4, 0.5) is 8.78 Å². The first-order valence-electron chi connectivity index (χ1n) is 2.46. The molecule has 10 heavy (non-hydrogen) atoms. The summed E-state index contributed by atoms with van der Waals surface area (Å²) < 4.78 is 24.5. The first-order chi connectivity index (χ1) is 4.42. The Morgan fingerprint density at radius 1 is 1.70 bits per heavy atom. The minimum Gasteiger partial charge on any atom is -0.303 e. The SMILES string of the molecule is CC(C=O)C(F)(F)C(=O)Cl. The zero-order valence-corrected chi connectivity index (χ0v) is 5.86. The van der Waals surface area contributed by atoms with Gasteiger partial charge in [0, 0.05) is 0 Å². The molecule has 1 atom stereocenters. The van der Waals surface area contributed by atoms with Gasteiger partial charge in [0.2, 0.25) is 0 Å². The van der Waals surface area contributed by atoms with Crippen LogP contribution >= 0.6 is 11.6 Å². The molecule has 0 bridgehead atoms. The van der Waals surface area contributed by atoms with E-state index in [0.29, 0.717) is 0 Å². The van der Waals surface area contributed by atoms with Crippen molar-refractivity contribution in [1.82, 2.24) is 0 Å². The summed E-state index contributed by atoms with van der Waals surface area (Å²) in [5.74, 6) is -5.39. The maximum Gasteiger partial charge on any atom is 0.329 e. The summed E-state index contributed by atoms with van der Waals surface area (Å²) in [6, 6.07) is 0. The number of alkyl halides is 2. The van der Waals surface area contributed by atoms with Crippen molar-refractivity contribution in [2.24, 2.45) is 5.92 Å². The van der Waals surface area contributed by atoms with E-state index in [1.807, 2.05) is 0 Å². The van der Waals surface area contributed by atoms with E-state index < -0.39 is 17.1 Å². The van der Waals surface area contributed by atoms with Gasteiger partial charge in [0.15, 0.2) is 0 Å². The molecule has 0 amide bonds. The van der Waals surface area contributed by atoms with Gasteiger partial charge >= 0.3 is 5.92 Å². The van der Waals surface area contributed by atoms with Crippen molar-refractivity contribution < 1.29 is 18.4 Å². The topological polar surface area (TPSA) is 34.1 Å². The molecule has 0 aliphatic carbocycles. The van der Waals surface area contributed by atoms with Crippen LogP contribution in [0.2, 0.25) is 0 Å². The molecule has 0 rings (SSSR count). The minimum absolute atomic E-state index is 0.0136. The summed E-state index contributed by atoms with van der Waals surface area (Å²) in [5.41, 5.74) is 0. The van der Waals surface area contributed by atoms with Crippen LogP contribution in [0.3, 0.4) is 0 Å². The lowest BCUT2D eigenvalue weighted by atomic mass is 10.1. The first kappa shape index (κ1) is 9.49. The van der Waals surface area contributed by atoms with Crippen LogP contribution < -0.4 is 0 Å². The monoisotopic (exact) mass is 170 g/mol. The number of carbonyl (C=O) groups is 2. The van der Waals surface area contributed by atoms with E-state index in [4.69, 9.17) is 0 Å². The van der Waals surface area contributed by atoms with Gasteiger partial charge in [-0.3, -0.25) is 4.79 Å². The Bertz CT molecular complexity index is 158. The van der Waals surface area contributed by atoms with Crippen LogP contribution in [-0.2, 0) is 9.59 Å². The van der Waals surface area contributed by atoms with E-state index in [1.165, 1.54) is 0 Å². The van der Waals surface area contributed by atoms with Gasteiger partial charge in [-0.15, -0.1) is 0 Å². The molecule has 1 unspecified atom stereocenters. The van der Waals surface area contributed by atoms with E-state index in [9.17, 15) is 18.4 Å². The van der Waals surface area contributed by atoms with E-state index in [0.717, 1.165) is 6.92 Å². The Hall–Kier alpha value is -0.510. The van der Waals surface area contributed by atoms with Gasteiger partial charge in [-0.2, -0.15) is 8.78 Å². The summed E-state index contributed by atoms with van der Waals surface area (Å²) in [6.07, 6.45) is -0.0136. The average molecular weight is 171 g/mol. The third-order valence-electron chi connectivity index (χ3n) is 1.04. The lowest BCUT2D eigenvalue weighted by Crippen LogP contribution is -2.33. The van der Waals surface area contributed by atoms with E-state index in [-0.39, 0.29) is 6.29 Å². The average Bonchev–Trinajstić information content (AvgIpc) is 1.86. The molecule has 5 heteroatoms. The molecule has 0 aromatic carbocycles. The Morgan fingerprint density at radius 2 is 2.10 bits per heavy atom. The van der Waals surface area contributed by atoms with Crippen molar-refractivity contribution in [2.75, 3.05) is 0 Å². The number of aldehydes is 1. The largest absolute Gasteiger partial charge is 0.329 e. The molecular formula is C5H5ClF2O2. The summed E-state index contributed by atoms with van der Waals surface area (Å²) in [6.45, 7) is 0.924. The predicted octanol–water partition coefficient (Wildman–Crippen LogP) is 1.22. The Balaban J connectivity index is 4.38. The van der Waals surface area contributed by atoms with E-state index in [2.05, 4.69) is 11.6 Å². The van der Waals surface area contributed by atoms with Gasteiger partial charge in [0.1, 0.15) is 6.29 Å². The predicted molar refractivity (Wildman–Crippen MR) is 31.0 cm³/mol. The Kier molecular flexibility index (Phi) is 2.90. The molecule has 0 aliphatic heterocycles. The van der Waals surface area contributed by atoms with Crippen molar-refractivity contribution in [2.45, 2.75) is 12.8 Å². The van der Waals surface area contributed by atoms with Crippen molar-refractivity contribution >= 4 is 23.1 Å². The summed E-state index contributed by atoms with van der Waals surface area (Å²) in [7, 11) is 0. The lowest BCUT2D eigenvalue weighted by molar-refractivity contribution is -0.145. The fourth-order valence-electron chi connectivity index (χ4n) is 0.264. The van der Waals surface area contributed by atoms with Crippen LogP contribution in [0.5, 0.6) is 0 Å². The minimum atomic E-state index is -3.73. The number of carbonyl (C=O) groups excluding carboxylic acids is 2. The molecule has 2 nitrogen and oxygen atoms in total. The van der Waals surface area contributed by atoms with Gasteiger partial charge in [-0.1, -0.05) is 0 Å². The smallest absolute Gasteiger partial charge is 0.303 e. The van der Waals surface area contributed by atoms with Crippen LogP contribution in [0.1, 0.15) is 6.92 Å². The molecule has 0 heterocycles. The second-order valence-electron chi connectivity index (χ2n) is 1.82. The normalized spacial score (nSPS) is 14.4. The maximum absolute atomic E-state index is 12.2. The summed E-state index contributed by atoms with van der Waals surface area (Å²) in [4.78, 5) is 19.7. The number of halogens is 3. The van der Waals surface area contributed by atoms with Crippen LogP contribution in [0.25, 0.3) is 0 Å².